The maximum Gasteiger partial charge on any atom is 0.337 e. The molecule has 2 heterocycles. The minimum atomic E-state index is -1.01. The van der Waals surface area contributed by atoms with Crippen LogP contribution in [0.3, 0.4) is 0 Å². The lowest BCUT2D eigenvalue weighted by Gasteiger charge is -2.02. The van der Waals surface area contributed by atoms with E-state index in [4.69, 9.17) is 14.3 Å². The largest absolute Gasteiger partial charge is 0.478 e. The molecular formula is C11H9NO4. The molecule has 0 amide bonds. The average molecular weight is 219 g/mol. The lowest BCUT2D eigenvalue weighted by Crippen LogP contribution is -1.99. The Bertz CT molecular complexity index is 461. The summed E-state index contributed by atoms with van der Waals surface area (Å²) in [7, 11) is 0. The van der Waals surface area contributed by atoms with Gasteiger partial charge in [0.1, 0.15) is 12.4 Å². The molecule has 1 N–H and O–H groups in total. The molecule has 2 aromatic heterocycles. The lowest BCUT2D eigenvalue weighted by molar-refractivity contribution is 0.0696. The van der Waals surface area contributed by atoms with Gasteiger partial charge in [0.2, 0.25) is 5.88 Å². The molecule has 0 aromatic carbocycles. The average Bonchev–Trinajstić information content (AvgIpc) is 2.80. The van der Waals surface area contributed by atoms with Gasteiger partial charge in [-0.1, -0.05) is 0 Å². The molecule has 0 bridgehead atoms. The van der Waals surface area contributed by atoms with Gasteiger partial charge in [-0.15, -0.1) is 0 Å². The van der Waals surface area contributed by atoms with Crippen molar-refractivity contribution in [2.24, 2.45) is 0 Å². The Hall–Kier alpha value is -2.30. The first-order valence-corrected chi connectivity index (χ1v) is 4.60. The monoisotopic (exact) mass is 219 g/mol. The summed E-state index contributed by atoms with van der Waals surface area (Å²) in [6.07, 6.45) is 2.81. The van der Waals surface area contributed by atoms with Crippen LogP contribution in [-0.4, -0.2) is 16.1 Å². The first kappa shape index (κ1) is 10.2. The second kappa shape index (κ2) is 4.48. The molecule has 2 rings (SSSR count). The standard InChI is InChI=1S/C11H9NO4/c13-11(14)8-3-4-10(12-6-8)16-7-9-2-1-5-15-9/h1-6H,7H2,(H,13,14). The minimum absolute atomic E-state index is 0.130. The molecule has 0 spiro atoms. The molecule has 16 heavy (non-hydrogen) atoms. The first-order chi connectivity index (χ1) is 7.75. The molecule has 0 aliphatic heterocycles. The van der Waals surface area contributed by atoms with Crippen LogP contribution in [0.5, 0.6) is 5.88 Å². The molecule has 0 saturated heterocycles. The van der Waals surface area contributed by atoms with Crippen LogP contribution in [0.1, 0.15) is 16.1 Å². The molecule has 2 aromatic rings. The molecule has 0 fully saturated rings. The first-order valence-electron chi connectivity index (χ1n) is 4.60. The van der Waals surface area contributed by atoms with Crippen molar-refractivity contribution in [2.45, 2.75) is 6.61 Å². The highest BCUT2D eigenvalue weighted by molar-refractivity contribution is 5.87. The van der Waals surface area contributed by atoms with Crippen LogP contribution in [0, 0.1) is 0 Å². The molecule has 0 unspecified atom stereocenters. The number of rotatable bonds is 4. The van der Waals surface area contributed by atoms with Gasteiger partial charge in [0.25, 0.3) is 0 Å². The van der Waals surface area contributed by atoms with Crippen molar-refractivity contribution in [3.05, 3.63) is 48.0 Å². The van der Waals surface area contributed by atoms with E-state index in [2.05, 4.69) is 4.98 Å². The van der Waals surface area contributed by atoms with Crippen LogP contribution in [-0.2, 0) is 6.61 Å². The third-order valence-electron chi connectivity index (χ3n) is 1.93. The van der Waals surface area contributed by atoms with Crippen LogP contribution >= 0.6 is 0 Å². The topological polar surface area (TPSA) is 72.6 Å². The second-order valence-electron chi connectivity index (χ2n) is 3.06. The predicted octanol–water partition coefficient (Wildman–Crippen LogP) is 1.95. The number of ether oxygens (including phenoxy) is 1. The Morgan fingerprint density at radius 2 is 2.31 bits per heavy atom. The van der Waals surface area contributed by atoms with Crippen molar-refractivity contribution in [1.82, 2.24) is 4.98 Å². The molecule has 0 radical (unpaired) electrons. The summed E-state index contributed by atoms with van der Waals surface area (Å²) in [4.78, 5) is 14.4. The Kier molecular flexibility index (Phi) is 2.86. The van der Waals surface area contributed by atoms with Gasteiger partial charge >= 0.3 is 5.97 Å². The zero-order chi connectivity index (χ0) is 11.4. The molecule has 0 atom stereocenters. The Labute approximate surface area is 91.3 Å². The fourth-order valence-electron chi connectivity index (χ4n) is 1.13. The van der Waals surface area contributed by atoms with E-state index in [1.54, 1.807) is 18.4 Å². The van der Waals surface area contributed by atoms with Crippen LogP contribution in [0.15, 0.2) is 41.1 Å². The van der Waals surface area contributed by atoms with E-state index in [1.165, 1.54) is 18.3 Å². The molecular weight excluding hydrogens is 210 g/mol. The number of carbonyl (C=O) groups is 1. The van der Waals surface area contributed by atoms with Gasteiger partial charge in [-0.3, -0.25) is 0 Å². The van der Waals surface area contributed by atoms with E-state index in [0.29, 0.717) is 11.6 Å². The van der Waals surface area contributed by atoms with E-state index in [-0.39, 0.29) is 12.2 Å². The van der Waals surface area contributed by atoms with Gasteiger partial charge in [-0.2, -0.15) is 0 Å². The quantitative estimate of drug-likeness (QED) is 0.850. The second-order valence-corrected chi connectivity index (χ2v) is 3.06. The van der Waals surface area contributed by atoms with Crippen LogP contribution in [0.4, 0.5) is 0 Å². The van der Waals surface area contributed by atoms with Crippen molar-refractivity contribution in [3.63, 3.8) is 0 Å². The molecule has 5 nitrogen and oxygen atoms in total. The summed E-state index contributed by atoms with van der Waals surface area (Å²) < 4.78 is 10.4. The predicted molar refractivity (Wildman–Crippen MR) is 54.2 cm³/mol. The van der Waals surface area contributed by atoms with E-state index in [9.17, 15) is 4.79 Å². The maximum absolute atomic E-state index is 10.6. The molecule has 5 heteroatoms. The van der Waals surface area contributed by atoms with Gasteiger partial charge in [0, 0.05) is 12.3 Å². The van der Waals surface area contributed by atoms with Gasteiger partial charge in [0.15, 0.2) is 0 Å². The normalized spacial score (nSPS) is 10.0. The fourth-order valence-corrected chi connectivity index (χ4v) is 1.13. The van der Waals surface area contributed by atoms with Crippen molar-refractivity contribution >= 4 is 5.97 Å². The number of pyridine rings is 1. The Balaban J connectivity index is 1.98. The SMILES string of the molecule is O=C(O)c1ccc(OCc2ccco2)nc1. The summed E-state index contributed by atoms with van der Waals surface area (Å²) in [6, 6.07) is 6.49. The molecule has 0 aliphatic rings. The number of aromatic nitrogens is 1. The van der Waals surface area contributed by atoms with Crippen LogP contribution < -0.4 is 4.74 Å². The zero-order valence-corrected chi connectivity index (χ0v) is 8.29. The fraction of sp³-hybridized carbons (Fsp3) is 0.0909. The van der Waals surface area contributed by atoms with Crippen LogP contribution in [0.25, 0.3) is 0 Å². The third-order valence-corrected chi connectivity index (χ3v) is 1.93. The number of nitrogens with zero attached hydrogens (tertiary/aromatic N) is 1. The number of carboxylic acid groups (broad SMARTS) is 1. The molecule has 0 aliphatic carbocycles. The lowest BCUT2D eigenvalue weighted by atomic mass is 10.3. The number of furan rings is 1. The van der Waals surface area contributed by atoms with Gasteiger partial charge in [-0.25, -0.2) is 9.78 Å². The van der Waals surface area contributed by atoms with E-state index < -0.39 is 5.97 Å². The summed E-state index contributed by atoms with van der Waals surface area (Å²) in [5.41, 5.74) is 0.130. The minimum Gasteiger partial charge on any atom is -0.478 e. The van der Waals surface area contributed by atoms with Crippen LogP contribution in [0.2, 0.25) is 0 Å². The summed E-state index contributed by atoms with van der Waals surface area (Å²) >= 11 is 0. The summed E-state index contributed by atoms with van der Waals surface area (Å²) in [5, 5.41) is 8.66. The summed E-state index contributed by atoms with van der Waals surface area (Å²) in [6.45, 7) is 0.270. The Morgan fingerprint density at radius 1 is 1.44 bits per heavy atom. The Morgan fingerprint density at radius 3 is 2.88 bits per heavy atom. The highest BCUT2D eigenvalue weighted by Gasteiger charge is 2.04. The number of aromatic carboxylic acids is 1. The third kappa shape index (κ3) is 2.38. The van der Waals surface area contributed by atoms with Crippen molar-refractivity contribution in [3.8, 4) is 5.88 Å². The maximum atomic E-state index is 10.6. The smallest absolute Gasteiger partial charge is 0.337 e. The number of carboxylic acids is 1. The molecule has 0 saturated carbocycles. The van der Waals surface area contributed by atoms with Gasteiger partial charge in [-0.05, 0) is 18.2 Å². The highest BCUT2D eigenvalue weighted by atomic mass is 16.5. The van der Waals surface area contributed by atoms with E-state index >= 15 is 0 Å². The number of hydrogen-bond donors (Lipinski definition) is 1. The van der Waals surface area contributed by atoms with Crippen molar-refractivity contribution in [2.75, 3.05) is 0 Å². The number of hydrogen-bond acceptors (Lipinski definition) is 4. The van der Waals surface area contributed by atoms with E-state index in [1.807, 2.05) is 0 Å². The summed E-state index contributed by atoms with van der Waals surface area (Å²) in [5.74, 6) is 0.0376. The van der Waals surface area contributed by atoms with Gasteiger partial charge in [0.05, 0.1) is 11.8 Å². The van der Waals surface area contributed by atoms with E-state index in [0.717, 1.165) is 0 Å². The van der Waals surface area contributed by atoms with Gasteiger partial charge < -0.3 is 14.3 Å². The zero-order valence-electron chi connectivity index (χ0n) is 8.29. The molecule has 82 valence electrons. The van der Waals surface area contributed by atoms with Crippen molar-refractivity contribution in [1.29, 1.82) is 0 Å². The highest BCUT2D eigenvalue weighted by Crippen LogP contribution is 2.10. The van der Waals surface area contributed by atoms with Crippen molar-refractivity contribution < 1.29 is 19.1 Å².